The maximum absolute atomic E-state index is 13.9. The molecule has 2 amide bonds. The SMILES string of the molecule is CC(=O)OCC(=O)Nc1ccc(-c2ccc(O)c3c2C[C@H]2C[C@H]4[C@H](N(C)C)C(=O)C(C(N)=O)C(=O)[C@@]4(O)C(=O)C2C3=O)cc1. The number of anilines is 1. The number of hydrogen-bond donors (Lipinski definition) is 4. The summed E-state index contributed by atoms with van der Waals surface area (Å²) >= 11 is 0. The fourth-order valence-corrected chi connectivity index (χ4v) is 6.97. The number of Topliss-reactive ketones (excluding diaryl/α,β-unsaturated/α-hetero) is 4. The molecular weight excluding hydrogens is 574 g/mol. The highest BCUT2D eigenvalue weighted by Gasteiger charge is 2.69. The number of ether oxygens (including phenoxy) is 1. The molecule has 3 aliphatic carbocycles. The van der Waals surface area contributed by atoms with Gasteiger partial charge in [0.1, 0.15) is 5.75 Å². The molecule has 0 aliphatic heterocycles. The topological polar surface area (TPSA) is 210 Å². The lowest BCUT2D eigenvalue weighted by Gasteiger charge is -2.52. The molecule has 2 fully saturated rings. The Bertz CT molecular complexity index is 1630. The lowest BCUT2D eigenvalue weighted by atomic mass is 9.52. The predicted molar refractivity (Wildman–Crippen MR) is 152 cm³/mol. The summed E-state index contributed by atoms with van der Waals surface area (Å²) in [6.45, 7) is 0.738. The number of hydrogen-bond acceptors (Lipinski definition) is 11. The van der Waals surface area contributed by atoms with Gasteiger partial charge in [0, 0.05) is 18.5 Å². The van der Waals surface area contributed by atoms with Crippen molar-refractivity contribution in [3.63, 3.8) is 0 Å². The van der Waals surface area contributed by atoms with Crippen LogP contribution in [-0.4, -0.2) is 88.4 Å². The standard InChI is InChI=1S/C31H31N3O10/c1-13(35)44-12-21(37)33-16-6-4-14(5-7-16)17-8-9-20(36)23-18(17)10-15-11-19-25(34(2)3)27(39)24(30(32)42)29(41)31(19,43)28(40)22(15)26(23)38/h4-9,15,19,22,24-25,36,43H,10-12H2,1-3H3,(H2,32,42)(H,33,37)/t15-,19-,22?,24?,25-,31-/m0/s1. The largest absolute Gasteiger partial charge is 0.507 e. The van der Waals surface area contributed by atoms with Crippen LogP contribution in [0, 0.1) is 23.7 Å². The van der Waals surface area contributed by atoms with E-state index in [2.05, 4.69) is 10.1 Å². The van der Waals surface area contributed by atoms with Gasteiger partial charge in [0.15, 0.2) is 41.3 Å². The third-order valence-corrected chi connectivity index (χ3v) is 8.83. The average molecular weight is 606 g/mol. The number of nitrogens with two attached hydrogens (primary N) is 1. The monoisotopic (exact) mass is 605 g/mol. The van der Waals surface area contributed by atoms with Crippen molar-refractivity contribution in [2.75, 3.05) is 26.0 Å². The van der Waals surface area contributed by atoms with Gasteiger partial charge in [-0.15, -0.1) is 0 Å². The number of aromatic hydroxyl groups is 1. The van der Waals surface area contributed by atoms with Crippen molar-refractivity contribution in [3.8, 4) is 16.9 Å². The second kappa shape index (κ2) is 11.1. The van der Waals surface area contributed by atoms with Crippen molar-refractivity contribution in [2.45, 2.75) is 31.4 Å². The number of amides is 2. The van der Waals surface area contributed by atoms with Gasteiger partial charge in [-0.3, -0.25) is 38.5 Å². The number of primary amides is 1. The maximum Gasteiger partial charge on any atom is 0.303 e. The van der Waals surface area contributed by atoms with E-state index in [0.29, 0.717) is 22.4 Å². The zero-order chi connectivity index (χ0) is 32.2. The highest BCUT2D eigenvalue weighted by atomic mass is 16.5. The van der Waals surface area contributed by atoms with E-state index in [0.717, 1.165) is 0 Å². The molecule has 5 N–H and O–H groups in total. The fourth-order valence-electron chi connectivity index (χ4n) is 6.97. The van der Waals surface area contributed by atoms with Crippen LogP contribution in [0.25, 0.3) is 11.1 Å². The molecule has 13 heteroatoms. The summed E-state index contributed by atoms with van der Waals surface area (Å²) in [7, 11) is 3.04. The number of nitrogens with one attached hydrogen (secondary N) is 1. The zero-order valence-electron chi connectivity index (χ0n) is 24.2. The van der Waals surface area contributed by atoms with Gasteiger partial charge in [0.05, 0.1) is 17.5 Å². The first-order valence-electron chi connectivity index (χ1n) is 13.9. The Morgan fingerprint density at radius 3 is 2.30 bits per heavy atom. The van der Waals surface area contributed by atoms with Crippen molar-refractivity contribution in [1.82, 2.24) is 4.90 Å². The molecule has 0 saturated heterocycles. The zero-order valence-corrected chi connectivity index (χ0v) is 24.2. The number of benzene rings is 2. The average Bonchev–Trinajstić information content (AvgIpc) is 2.94. The lowest BCUT2D eigenvalue weighted by molar-refractivity contribution is -0.181. The van der Waals surface area contributed by atoms with E-state index in [-0.39, 0.29) is 24.2 Å². The summed E-state index contributed by atoms with van der Waals surface area (Å²) in [6, 6.07) is 8.30. The molecule has 13 nitrogen and oxygen atoms in total. The van der Waals surface area contributed by atoms with E-state index < -0.39 is 82.8 Å². The molecule has 0 bridgehead atoms. The highest BCUT2D eigenvalue weighted by molar-refractivity contribution is 6.32. The minimum Gasteiger partial charge on any atom is -0.507 e. The minimum atomic E-state index is -2.79. The summed E-state index contributed by atoms with van der Waals surface area (Å²) in [4.78, 5) is 91.0. The lowest BCUT2D eigenvalue weighted by Crippen LogP contribution is -2.74. The van der Waals surface area contributed by atoms with Crippen LogP contribution < -0.4 is 11.1 Å². The summed E-state index contributed by atoms with van der Waals surface area (Å²) in [6.07, 6.45) is 0.0444. The Hall–Kier alpha value is -4.75. The van der Waals surface area contributed by atoms with Crippen molar-refractivity contribution >= 4 is 46.6 Å². The molecule has 5 rings (SSSR count). The number of rotatable bonds is 6. The Kier molecular flexibility index (Phi) is 7.72. The Balaban J connectivity index is 1.52. The molecule has 230 valence electrons. The first-order valence-corrected chi connectivity index (χ1v) is 13.9. The minimum absolute atomic E-state index is 0.0632. The van der Waals surface area contributed by atoms with Gasteiger partial charge >= 0.3 is 5.97 Å². The van der Waals surface area contributed by atoms with E-state index in [1.54, 1.807) is 30.3 Å². The summed E-state index contributed by atoms with van der Waals surface area (Å²) in [5, 5.41) is 25.0. The number of esters is 1. The van der Waals surface area contributed by atoms with Crippen molar-refractivity contribution < 1.29 is 48.5 Å². The van der Waals surface area contributed by atoms with Crippen LogP contribution in [0.5, 0.6) is 5.75 Å². The van der Waals surface area contributed by atoms with Gasteiger partial charge < -0.3 is 26.0 Å². The number of likely N-dealkylation sites (N-methyl/N-ethyl adjacent to an activating group) is 1. The number of fused-ring (bicyclic) bond motifs is 3. The molecule has 44 heavy (non-hydrogen) atoms. The van der Waals surface area contributed by atoms with E-state index in [1.807, 2.05) is 0 Å². The second-order valence-electron chi connectivity index (χ2n) is 11.7. The van der Waals surface area contributed by atoms with Crippen molar-refractivity contribution in [2.24, 2.45) is 29.4 Å². The normalized spacial score (nSPS) is 27.7. The van der Waals surface area contributed by atoms with Gasteiger partial charge in [-0.05, 0) is 67.7 Å². The van der Waals surface area contributed by atoms with E-state index in [4.69, 9.17) is 5.73 Å². The molecule has 2 aromatic rings. The third kappa shape index (κ3) is 4.77. The van der Waals surface area contributed by atoms with Crippen LogP contribution in [0.4, 0.5) is 5.69 Å². The van der Waals surface area contributed by atoms with Crippen molar-refractivity contribution in [1.29, 1.82) is 0 Å². The van der Waals surface area contributed by atoms with Gasteiger partial charge in [0.2, 0.25) is 5.91 Å². The second-order valence-corrected chi connectivity index (χ2v) is 11.7. The molecule has 2 saturated carbocycles. The molecule has 2 unspecified atom stereocenters. The number of carbonyl (C=O) groups is 7. The van der Waals surface area contributed by atoms with Crippen LogP contribution in [-0.2, 0) is 39.9 Å². The van der Waals surface area contributed by atoms with E-state index in [1.165, 1.54) is 32.0 Å². The predicted octanol–water partition coefficient (Wildman–Crippen LogP) is 0.0356. The van der Waals surface area contributed by atoms with E-state index in [9.17, 15) is 43.8 Å². The third-order valence-electron chi connectivity index (χ3n) is 8.83. The van der Waals surface area contributed by atoms with E-state index >= 15 is 0 Å². The fraction of sp³-hybridized carbons (Fsp3) is 0.387. The number of phenols is 1. The van der Waals surface area contributed by atoms with Gasteiger partial charge in [-0.25, -0.2) is 0 Å². The number of ketones is 4. The molecule has 0 radical (unpaired) electrons. The number of phenolic OH excluding ortho intramolecular Hbond substituents is 1. The van der Waals surface area contributed by atoms with Gasteiger partial charge in [0.25, 0.3) is 5.91 Å². The van der Waals surface area contributed by atoms with Gasteiger partial charge in [-0.1, -0.05) is 18.2 Å². The Morgan fingerprint density at radius 1 is 1.05 bits per heavy atom. The van der Waals surface area contributed by atoms with Crippen LogP contribution in [0.3, 0.4) is 0 Å². The molecule has 2 aromatic carbocycles. The first-order chi connectivity index (χ1) is 20.7. The molecule has 0 spiro atoms. The Morgan fingerprint density at radius 2 is 1.70 bits per heavy atom. The van der Waals surface area contributed by atoms with Crippen LogP contribution >= 0.6 is 0 Å². The Labute approximate surface area is 251 Å². The molecule has 0 aromatic heterocycles. The summed E-state index contributed by atoms with van der Waals surface area (Å²) in [5.74, 6) is -12.3. The quantitative estimate of drug-likeness (QED) is 0.255. The molecule has 6 atom stereocenters. The first kappa shape index (κ1) is 30.7. The molecule has 3 aliphatic rings. The van der Waals surface area contributed by atoms with Gasteiger partial charge in [-0.2, -0.15) is 0 Å². The number of carbonyl (C=O) groups excluding carboxylic acids is 7. The molecule has 0 heterocycles. The smallest absolute Gasteiger partial charge is 0.303 e. The van der Waals surface area contributed by atoms with Crippen LogP contribution in [0.2, 0.25) is 0 Å². The van der Waals surface area contributed by atoms with Crippen LogP contribution in [0.15, 0.2) is 36.4 Å². The molecular formula is C31H31N3O10. The summed E-state index contributed by atoms with van der Waals surface area (Å²) < 4.78 is 4.68. The van der Waals surface area contributed by atoms with Crippen LogP contribution in [0.1, 0.15) is 29.3 Å². The maximum atomic E-state index is 13.9. The van der Waals surface area contributed by atoms with Crippen molar-refractivity contribution in [3.05, 3.63) is 47.5 Å². The number of aliphatic hydroxyl groups is 1. The highest BCUT2D eigenvalue weighted by Crippen LogP contribution is 2.51. The number of nitrogens with zero attached hydrogens (tertiary/aromatic N) is 1. The summed E-state index contributed by atoms with van der Waals surface area (Å²) in [5.41, 5.74) is 4.51.